The number of likely N-dealkylation sites (tertiary alicyclic amines) is 1. The zero-order chi connectivity index (χ0) is 29.7. The van der Waals surface area contributed by atoms with Gasteiger partial charge >= 0.3 is 0 Å². The van der Waals surface area contributed by atoms with Crippen molar-refractivity contribution in [1.82, 2.24) is 15.2 Å². The highest BCUT2D eigenvalue weighted by Gasteiger charge is 2.50. The summed E-state index contributed by atoms with van der Waals surface area (Å²) in [5.41, 5.74) is 1.07. The van der Waals surface area contributed by atoms with Crippen LogP contribution in [0, 0.1) is 22.6 Å². The first kappa shape index (κ1) is 28.4. The van der Waals surface area contributed by atoms with Gasteiger partial charge in [0, 0.05) is 48.6 Å². The highest BCUT2D eigenvalue weighted by atomic mass is 19.1. The number of hydrogen-bond donors (Lipinski definition) is 2. The molecule has 7 nitrogen and oxygen atoms in total. The van der Waals surface area contributed by atoms with Crippen LogP contribution >= 0.6 is 0 Å². The molecule has 1 saturated carbocycles. The van der Waals surface area contributed by atoms with Crippen LogP contribution in [0.25, 0.3) is 10.9 Å². The minimum absolute atomic E-state index is 0.228. The number of rotatable bonds is 5. The van der Waals surface area contributed by atoms with E-state index in [2.05, 4.69) is 45.5 Å². The van der Waals surface area contributed by atoms with Crippen LogP contribution in [0.15, 0.2) is 48.7 Å². The molecule has 3 aliphatic rings. The molecule has 218 valence electrons. The van der Waals surface area contributed by atoms with Gasteiger partial charge in [-0.15, -0.1) is 0 Å². The standard InChI is InChI=1S/C34H37FN4O3/c1-32(2)21-39(19-22-5-7-24(8-6-22)33(20-36)13-3-4-14-33)16-15-34(32,42)27-10-11-28-26(30(27)35)17-23(18-37-28)25-9-12-29(40)38-31(25)41/h5-8,10-11,17-18,25,42H,3-4,9,12-16,19,21H2,1-2H3,(H,38,40,41)/t25?,34-/m1/s1. The molecule has 8 heteroatoms. The molecular formula is C34H37FN4O3. The third-order valence-corrected chi connectivity index (χ3v) is 10.0. The molecule has 1 aromatic heterocycles. The number of aliphatic hydroxyl groups is 1. The Labute approximate surface area is 245 Å². The first-order valence-electron chi connectivity index (χ1n) is 14.9. The fourth-order valence-electron chi connectivity index (χ4n) is 7.39. The summed E-state index contributed by atoms with van der Waals surface area (Å²) in [4.78, 5) is 30.7. The number of carbonyl (C=O) groups is 2. The predicted octanol–water partition coefficient (Wildman–Crippen LogP) is 5.35. The van der Waals surface area contributed by atoms with E-state index in [0.29, 0.717) is 43.6 Å². The van der Waals surface area contributed by atoms with Gasteiger partial charge in [-0.3, -0.25) is 24.8 Å². The van der Waals surface area contributed by atoms with E-state index in [1.54, 1.807) is 24.4 Å². The zero-order valence-corrected chi connectivity index (χ0v) is 24.3. The molecule has 0 spiro atoms. The molecule has 6 rings (SSSR count). The quantitative estimate of drug-likeness (QED) is 0.402. The van der Waals surface area contributed by atoms with Gasteiger partial charge in [0.1, 0.15) is 5.82 Å². The Bertz CT molecular complexity index is 1590. The van der Waals surface area contributed by atoms with Gasteiger partial charge in [-0.05, 0) is 54.5 Å². The molecule has 2 aliphatic heterocycles. The summed E-state index contributed by atoms with van der Waals surface area (Å²) in [5.74, 6) is -1.79. The molecule has 0 bridgehead atoms. The fourth-order valence-corrected chi connectivity index (χ4v) is 7.39. The summed E-state index contributed by atoms with van der Waals surface area (Å²) in [6.45, 7) is 5.81. The van der Waals surface area contributed by atoms with Crippen LogP contribution < -0.4 is 5.32 Å². The van der Waals surface area contributed by atoms with Crippen molar-refractivity contribution in [1.29, 1.82) is 5.26 Å². The second-order valence-electron chi connectivity index (χ2n) is 13.1. The molecule has 42 heavy (non-hydrogen) atoms. The van der Waals surface area contributed by atoms with Crippen molar-refractivity contribution in [3.05, 3.63) is 76.7 Å². The van der Waals surface area contributed by atoms with Gasteiger partial charge in [0.25, 0.3) is 0 Å². The van der Waals surface area contributed by atoms with E-state index in [9.17, 15) is 20.0 Å². The molecule has 1 unspecified atom stereocenters. The number of amides is 2. The average molecular weight is 569 g/mol. The predicted molar refractivity (Wildman–Crippen MR) is 157 cm³/mol. The number of nitrogens with zero attached hydrogens (tertiary/aromatic N) is 3. The van der Waals surface area contributed by atoms with Crippen LogP contribution in [0.2, 0.25) is 0 Å². The summed E-state index contributed by atoms with van der Waals surface area (Å²) in [6, 6.07) is 16.0. The molecule has 2 saturated heterocycles. The van der Waals surface area contributed by atoms with Crippen LogP contribution in [0.4, 0.5) is 4.39 Å². The largest absolute Gasteiger partial charge is 0.384 e. The second-order valence-corrected chi connectivity index (χ2v) is 13.1. The maximum atomic E-state index is 16.2. The lowest BCUT2D eigenvalue weighted by atomic mass is 9.66. The highest BCUT2D eigenvalue weighted by Crippen LogP contribution is 2.48. The molecule has 2 amide bonds. The minimum Gasteiger partial charge on any atom is -0.384 e. The van der Waals surface area contributed by atoms with E-state index in [1.807, 2.05) is 13.8 Å². The SMILES string of the molecule is CC1(C)CN(Cc2ccc(C3(C#N)CCCC3)cc2)CC[C@@]1(O)c1ccc2ncc(C3CCC(=O)NC3=O)cc2c1F. The summed E-state index contributed by atoms with van der Waals surface area (Å²) >= 11 is 0. The number of halogens is 1. The number of nitriles is 1. The lowest BCUT2D eigenvalue weighted by molar-refractivity contribution is -0.134. The van der Waals surface area contributed by atoms with E-state index in [-0.39, 0.29) is 28.7 Å². The summed E-state index contributed by atoms with van der Waals surface area (Å²) in [7, 11) is 0. The molecule has 3 heterocycles. The van der Waals surface area contributed by atoms with E-state index in [4.69, 9.17) is 0 Å². The van der Waals surface area contributed by atoms with Gasteiger partial charge in [0.15, 0.2) is 0 Å². The zero-order valence-electron chi connectivity index (χ0n) is 24.3. The van der Waals surface area contributed by atoms with E-state index in [0.717, 1.165) is 36.8 Å². The molecule has 0 radical (unpaired) electrons. The van der Waals surface area contributed by atoms with E-state index in [1.165, 1.54) is 0 Å². The number of carbonyl (C=O) groups excluding carboxylic acids is 2. The van der Waals surface area contributed by atoms with Crippen molar-refractivity contribution in [2.24, 2.45) is 5.41 Å². The minimum atomic E-state index is -1.40. The monoisotopic (exact) mass is 568 g/mol. The third-order valence-electron chi connectivity index (χ3n) is 10.0. The molecule has 2 aromatic carbocycles. The molecule has 1 aliphatic carbocycles. The summed E-state index contributed by atoms with van der Waals surface area (Å²) in [6.07, 6.45) is 6.53. The maximum Gasteiger partial charge on any atom is 0.234 e. The number of imide groups is 1. The van der Waals surface area contributed by atoms with Gasteiger partial charge in [0.2, 0.25) is 11.8 Å². The average Bonchev–Trinajstić information content (AvgIpc) is 3.46. The molecular weight excluding hydrogens is 531 g/mol. The number of piperidine rings is 2. The van der Waals surface area contributed by atoms with E-state index < -0.39 is 28.7 Å². The number of pyridine rings is 1. The number of aromatic nitrogens is 1. The number of benzene rings is 2. The fraction of sp³-hybridized carbons (Fsp3) is 0.471. The Morgan fingerprint density at radius 3 is 2.52 bits per heavy atom. The Morgan fingerprint density at radius 1 is 1.12 bits per heavy atom. The number of nitrogens with one attached hydrogen (secondary N) is 1. The van der Waals surface area contributed by atoms with Crippen molar-refractivity contribution in [2.45, 2.75) is 82.3 Å². The van der Waals surface area contributed by atoms with Crippen molar-refractivity contribution >= 4 is 22.7 Å². The van der Waals surface area contributed by atoms with Gasteiger partial charge in [-0.2, -0.15) is 5.26 Å². The second kappa shape index (κ2) is 10.6. The Kier molecular flexibility index (Phi) is 7.15. The van der Waals surface area contributed by atoms with Gasteiger partial charge < -0.3 is 5.11 Å². The third kappa shape index (κ3) is 4.79. The molecule has 3 aromatic rings. The van der Waals surface area contributed by atoms with Crippen LogP contribution in [0.1, 0.15) is 87.0 Å². The van der Waals surface area contributed by atoms with E-state index >= 15 is 4.39 Å². The summed E-state index contributed by atoms with van der Waals surface area (Å²) < 4.78 is 16.2. The van der Waals surface area contributed by atoms with Gasteiger partial charge in [-0.1, -0.05) is 57.0 Å². The lowest BCUT2D eigenvalue weighted by Crippen LogP contribution is -2.55. The lowest BCUT2D eigenvalue weighted by Gasteiger charge is -2.50. The van der Waals surface area contributed by atoms with Gasteiger partial charge in [-0.25, -0.2) is 4.39 Å². The van der Waals surface area contributed by atoms with Gasteiger partial charge in [0.05, 0.1) is 28.5 Å². The number of fused-ring (bicyclic) bond motifs is 1. The van der Waals surface area contributed by atoms with Crippen molar-refractivity contribution < 1.29 is 19.1 Å². The smallest absolute Gasteiger partial charge is 0.234 e. The van der Waals surface area contributed by atoms with Crippen molar-refractivity contribution in [3.8, 4) is 6.07 Å². The summed E-state index contributed by atoms with van der Waals surface area (Å²) in [5, 5.41) is 24.5. The maximum absolute atomic E-state index is 16.2. The van der Waals surface area contributed by atoms with Crippen molar-refractivity contribution in [2.75, 3.05) is 13.1 Å². The highest BCUT2D eigenvalue weighted by molar-refractivity contribution is 6.01. The Balaban J connectivity index is 1.22. The topological polar surface area (TPSA) is 106 Å². The first-order chi connectivity index (χ1) is 20.0. The van der Waals surface area contributed by atoms with Crippen LogP contribution in [0.3, 0.4) is 0 Å². The Morgan fingerprint density at radius 2 is 1.86 bits per heavy atom. The Hall–Kier alpha value is -3.67. The molecule has 3 fully saturated rings. The normalized spacial score (nSPS) is 25.7. The van der Waals surface area contributed by atoms with Crippen LogP contribution in [0.5, 0.6) is 0 Å². The van der Waals surface area contributed by atoms with Crippen molar-refractivity contribution in [3.63, 3.8) is 0 Å². The number of hydrogen-bond acceptors (Lipinski definition) is 6. The van der Waals surface area contributed by atoms with Crippen LogP contribution in [-0.4, -0.2) is 39.9 Å². The molecule has 2 N–H and O–H groups in total. The van der Waals surface area contributed by atoms with Crippen LogP contribution in [-0.2, 0) is 27.1 Å². The molecule has 2 atom stereocenters. The first-order valence-corrected chi connectivity index (χ1v) is 14.9.